The number of imidazole rings is 1. The van der Waals surface area contributed by atoms with Crippen molar-refractivity contribution in [2.45, 2.75) is 25.4 Å². The number of nitrogens with one attached hydrogen (secondary N) is 3. The van der Waals surface area contributed by atoms with Gasteiger partial charge < -0.3 is 40.0 Å². The Morgan fingerprint density at radius 2 is 1.75 bits per heavy atom. The fraction of sp³-hybridized carbons (Fsp3) is 0.324. The number of esters is 1. The number of likely N-dealkylation sites (N-methyl/N-ethyl adjacent to an activating group) is 1. The molecular formula is C37H41N11O5. The van der Waals surface area contributed by atoms with Gasteiger partial charge in [0, 0.05) is 70.9 Å². The smallest absolute Gasteiger partial charge is 0.407 e. The van der Waals surface area contributed by atoms with Gasteiger partial charge in [-0.05, 0) is 47.5 Å². The molecule has 2 aromatic heterocycles. The maximum atomic E-state index is 13.0. The first-order chi connectivity index (χ1) is 25.7. The number of carbonyl (C=O) groups is 2. The van der Waals surface area contributed by atoms with Crippen molar-refractivity contribution in [3.05, 3.63) is 89.2 Å². The second-order valence-corrected chi connectivity index (χ2v) is 12.6. The van der Waals surface area contributed by atoms with E-state index in [1.807, 2.05) is 54.4 Å². The van der Waals surface area contributed by atoms with E-state index in [4.69, 9.17) is 24.4 Å². The van der Waals surface area contributed by atoms with Crippen LogP contribution >= 0.6 is 0 Å². The minimum absolute atomic E-state index is 0.164. The lowest BCUT2D eigenvalue weighted by Gasteiger charge is -2.33. The first-order valence-electron chi connectivity index (χ1n) is 17.1. The summed E-state index contributed by atoms with van der Waals surface area (Å²) in [6, 6.07) is 21.8. The number of hydrogen-bond acceptors (Lipinski definition) is 13. The van der Waals surface area contributed by atoms with Gasteiger partial charge in [-0.2, -0.15) is 20.2 Å². The first kappa shape index (κ1) is 36.3. The third-order valence-electron chi connectivity index (χ3n) is 8.93. The fourth-order valence-electron chi connectivity index (χ4n) is 5.99. The van der Waals surface area contributed by atoms with Crippen LogP contribution in [0.1, 0.15) is 22.5 Å². The zero-order valence-electron chi connectivity index (χ0n) is 29.7. The lowest BCUT2D eigenvalue weighted by atomic mass is 10.0. The third kappa shape index (κ3) is 9.45. The first-order valence-corrected chi connectivity index (χ1v) is 17.1. The van der Waals surface area contributed by atoms with E-state index in [0.29, 0.717) is 57.2 Å². The summed E-state index contributed by atoms with van der Waals surface area (Å²) in [5.74, 6) is 1.81. The van der Waals surface area contributed by atoms with Crippen molar-refractivity contribution >= 4 is 46.6 Å². The van der Waals surface area contributed by atoms with Crippen LogP contribution in [0.15, 0.2) is 66.7 Å². The maximum absolute atomic E-state index is 13.0. The molecule has 0 bridgehead atoms. The average molecular weight is 720 g/mol. The number of aromatic amines is 1. The van der Waals surface area contributed by atoms with Crippen molar-refractivity contribution in [2.75, 3.05) is 69.5 Å². The molecule has 16 nitrogen and oxygen atoms in total. The van der Waals surface area contributed by atoms with Gasteiger partial charge in [0.25, 0.3) is 0 Å². The Balaban J connectivity index is 1.23. The molecule has 1 fully saturated rings. The number of carbonyl (C=O) groups excluding carboxylic acids is 1. The second kappa shape index (κ2) is 16.7. The molecule has 1 amide bonds. The number of aromatic nitrogens is 5. The van der Waals surface area contributed by atoms with E-state index in [2.05, 4.69) is 31.6 Å². The van der Waals surface area contributed by atoms with Gasteiger partial charge in [-0.25, -0.2) is 14.6 Å². The second-order valence-electron chi connectivity index (χ2n) is 12.6. The zero-order valence-corrected chi connectivity index (χ0v) is 29.7. The molecule has 53 heavy (non-hydrogen) atoms. The Morgan fingerprint density at radius 1 is 0.981 bits per heavy atom. The standard InChI is InChI=1S/C37H41N11O5/c1-46(14-13-32-40-29-12-11-28(52-2)21-30(29)41-32)36-44-34(39-27-6-4-5-26(19-27)23-47-15-17-48(18-16-47)37(50)51)43-35(45-36)42-31(33(49)53-3)20-24-7-9-25(22-38)10-8-24/h4-12,19,21,31H,13-18,20,23H2,1-3H3,(H,40,41)(H,50,51)(H2,39,42,43,44,45). The van der Waals surface area contributed by atoms with Gasteiger partial charge in [0.2, 0.25) is 17.8 Å². The number of methoxy groups -OCH3 is 2. The summed E-state index contributed by atoms with van der Waals surface area (Å²) < 4.78 is 10.5. The van der Waals surface area contributed by atoms with Crippen LogP contribution in [0, 0.1) is 11.3 Å². The number of rotatable bonds is 14. The number of hydrogen-bond donors (Lipinski definition) is 4. The highest BCUT2D eigenvalue weighted by atomic mass is 16.5. The van der Waals surface area contributed by atoms with Gasteiger partial charge in [-0.1, -0.05) is 24.3 Å². The molecule has 3 aromatic carbocycles. The molecule has 0 aliphatic carbocycles. The van der Waals surface area contributed by atoms with Crippen molar-refractivity contribution in [1.29, 1.82) is 5.26 Å². The van der Waals surface area contributed by atoms with Gasteiger partial charge in [0.1, 0.15) is 17.6 Å². The van der Waals surface area contributed by atoms with E-state index >= 15 is 0 Å². The third-order valence-corrected chi connectivity index (χ3v) is 8.93. The van der Waals surface area contributed by atoms with Gasteiger partial charge in [-0.15, -0.1) is 0 Å². The Bertz CT molecular complexity index is 2090. The van der Waals surface area contributed by atoms with E-state index in [0.717, 1.165) is 39.4 Å². The lowest BCUT2D eigenvalue weighted by Crippen LogP contribution is -2.47. The Labute approximate surface area is 306 Å². The Kier molecular flexibility index (Phi) is 11.4. The predicted octanol–water partition coefficient (Wildman–Crippen LogP) is 4.04. The lowest BCUT2D eigenvalue weighted by molar-refractivity contribution is -0.141. The molecule has 274 valence electrons. The van der Waals surface area contributed by atoms with Crippen LogP contribution in [0.5, 0.6) is 5.75 Å². The molecule has 16 heteroatoms. The summed E-state index contributed by atoms with van der Waals surface area (Å²) in [5, 5.41) is 25.0. The number of anilines is 4. The minimum Gasteiger partial charge on any atom is -0.497 e. The van der Waals surface area contributed by atoms with Crippen LogP contribution < -0.4 is 20.3 Å². The average Bonchev–Trinajstić information content (AvgIpc) is 3.59. The van der Waals surface area contributed by atoms with E-state index in [1.165, 1.54) is 12.0 Å². The molecule has 1 atom stereocenters. The van der Waals surface area contributed by atoms with Gasteiger partial charge in [0.15, 0.2) is 0 Å². The number of amides is 1. The Hall–Kier alpha value is -6.47. The SMILES string of the molecule is COC(=O)C(Cc1ccc(C#N)cc1)Nc1nc(Nc2cccc(CN3CCN(C(=O)O)CC3)c2)nc(N(C)CCc2nc3ccc(OC)cc3[nH]2)n1. The normalized spacial score (nSPS) is 13.6. The van der Waals surface area contributed by atoms with Crippen LogP contribution in [0.2, 0.25) is 0 Å². The topological polar surface area (TPSA) is 198 Å². The van der Waals surface area contributed by atoms with Crippen LogP contribution in [0.25, 0.3) is 11.0 Å². The molecule has 1 saturated heterocycles. The monoisotopic (exact) mass is 719 g/mol. The number of benzene rings is 3. The van der Waals surface area contributed by atoms with Gasteiger partial charge in [0.05, 0.1) is 36.9 Å². The van der Waals surface area contributed by atoms with Crippen LogP contribution in [0.3, 0.4) is 0 Å². The van der Waals surface area contributed by atoms with Crippen molar-refractivity contribution < 1.29 is 24.2 Å². The molecule has 4 N–H and O–H groups in total. The molecular weight excluding hydrogens is 678 g/mol. The number of nitrogens with zero attached hydrogens (tertiary/aromatic N) is 8. The summed E-state index contributed by atoms with van der Waals surface area (Å²) in [7, 11) is 4.81. The van der Waals surface area contributed by atoms with Crippen LogP contribution in [0.4, 0.5) is 28.3 Å². The summed E-state index contributed by atoms with van der Waals surface area (Å²) in [6.45, 7) is 3.39. The van der Waals surface area contributed by atoms with Crippen molar-refractivity contribution in [2.24, 2.45) is 0 Å². The number of fused-ring (bicyclic) bond motifs is 1. The molecule has 1 aliphatic rings. The maximum Gasteiger partial charge on any atom is 0.407 e. The number of nitriles is 1. The predicted molar refractivity (Wildman–Crippen MR) is 198 cm³/mol. The van der Waals surface area contributed by atoms with Gasteiger partial charge in [-0.3, -0.25) is 4.90 Å². The number of carboxylic acid groups (broad SMARTS) is 1. The summed E-state index contributed by atoms with van der Waals surface area (Å²) in [4.78, 5) is 52.0. The summed E-state index contributed by atoms with van der Waals surface area (Å²) >= 11 is 0. The highest BCUT2D eigenvalue weighted by Crippen LogP contribution is 2.22. The molecule has 3 heterocycles. The molecule has 1 unspecified atom stereocenters. The fourth-order valence-corrected chi connectivity index (χ4v) is 5.99. The minimum atomic E-state index is -0.894. The number of H-pyrrole nitrogens is 1. The largest absolute Gasteiger partial charge is 0.497 e. The van der Waals surface area contributed by atoms with E-state index in [1.54, 1.807) is 31.4 Å². The summed E-state index contributed by atoms with van der Waals surface area (Å²) in [6.07, 6.45) is -0.0658. The van der Waals surface area contributed by atoms with Crippen LogP contribution in [-0.2, 0) is 28.9 Å². The van der Waals surface area contributed by atoms with E-state index in [-0.39, 0.29) is 18.3 Å². The number of ether oxygens (including phenoxy) is 2. The van der Waals surface area contributed by atoms with E-state index in [9.17, 15) is 20.0 Å². The van der Waals surface area contributed by atoms with Crippen molar-refractivity contribution in [1.82, 2.24) is 34.7 Å². The van der Waals surface area contributed by atoms with E-state index < -0.39 is 18.1 Å². The highest BCUT2D eigenvalue weighted by Gasteiger charge is 2.23. The molecule has 1 aliphatic heterocycles. The molecule has 0 saturated carbocycles. The molecule has 6 rings (SSSR count). The highest BCUT2D eigenvalue weighted by molar-refractivity contribution is 5.79. The Morgan fingerprint density at radius 3 is 2.47 bits per heavy atom. The van der Waals surface area contributed by atoms with Crippen molar-refractivity contribution in [3.8, 4) is 11.8 Å². The van der Waals surface area contributed by atoms with Crippen LogP contribution in [-0.4, -0.2) is 112 Å². The van der Waals surface area contributed by atoms with Crippen molar-refractivity contribution in [3.63, 3.8) is 0 Å². The zero-order chi connectivity index (χ0) is 37.3. The molecule has 0 spiro atoms. The summed E-state index contributed by atoms with van der Waals surface area (Å²) in [5.41, 5.74) is 4.84. The molecule has 5 aromatic rings. The number of piperazine rings is 1. The van der Waals surface area contributed by atoms with Gasteiger partial charge >= 0.3 is 12.1 Å². The molecule has 0 radical (unpaired) electrons. The quantitative estimate of drug-likeness (QED) is 0.120.